The summed E-state index contributed by atoms with van der Waals surface area (Å²) >= 11 is 0. The summed E-state index contributed by atoms with van der Waals surface area (Å²) in [6, 6.07) is 0. The van der Waals surface area contributed by atoms with E-state index in [-0.39, 0.29) is 6.10 Å². The number of hydrogen-bond acceptors (Lipinski definition) is 2. The molecule has 0 rings (SSSR count). The minimum Gasteiger partial charge on any atom is -0.392 e. The summed E-state index contributed by atoms with van der Waals surface area (Å²) in [5, 5.41) is 8.98. The summed E-state index contributed by atoms with van der Waals surface area (Å²) < 4.78 is 0. The molecular weight excluding hydrogens is 126 g/mol. The minimum atomic E-state index is -0.193. The van der Waals surface area contributed by atoms with Crippen LogP contribution in [0.2, 0.25) is 0 Å². The Morgan fingerprint density at radius 1 is 1.50 bits per heavy atom. The Hall–Kier alpha value is -0.0800. The molecule has 0 heterocycles. The van der Waals surface area contributed by atoms with Gasteiger partial charge in [-0.05, 0) is 26.9 Å². The first-order chi connectivity index (χ1) is 4.66. The largest absolute Gasteiger partial charge is 0.392 e. The van der Waals surface area contributed by atoms with Crippen molar-refractivity contribution in [3.63, 3.8) is 0 Å². The molecule has 0 fully saturated rings. The van der Waals surface area contributed by atoms with Gasteiger partial charge in [-0.25, -0.2) is 0 Å². The minimum absolute atomic E-state index is 0.193. The van der Waals surface area contributed by atoms with Crippen LogP contribution in [0.25, 0.3) is 0 Å². The van der Waals surface area contributed by atoms with E-state index in [1.165, 1.54) is 12.8 Å². The number of likely N-dealkylation sites (N-methyl/N-ethyl adjacent to an activating group) is 1. The molecule has 0 spiro atoms. The van der Waals surface area contributed by atoms with Crippen molar-refractivity contribution < 1.29 is 5.11 Å². The Balaban J connectivity index is 3.16. The third kappa shape index (κ3) is 6.05. The molecule has 0 aromatic carbocycles. The highest BCUT2D eigenvalue weighted by Gasteiger charge is 2.00. The molecule has 1 N–H and O–H groups in total. The van der Waals surface area contributed by atoms with Crippen molar-refractivity contribution in [1.29, 1.82) is 0 Å². The van der Waals surface area contributed by atoms with Crippen molar-refractivity contribution in [2.45, 2.75) is 32.8 Å². The van der Waals surface area contributed by atoms with Crippen molar-refractivity contribution in [2.75, 3.05) is 20.1 Å². The van der Waals surface area contributed by atoms with E-state index in [1.807, 2.05) is 14.0 Å². The standard InChI is InChI=1S/C8H19NO/c1-4-5-6-9(3)7-8(2)10/h8,10H,4-7H2,1-3H3/t8-/m1/s1. The molecule has 2 heteroatoms. The molecule has 2 nitrogen and oxygen atoms in total. The fraction of sp³-hybridized carbons (Fsp3) is 1.00. The Bertz CT molecular complexity index is 73.7. The monoisotopic (exact) mass is 145 g/mol. The van der Waals surface area contributed by atoms with Crippen LogP contribution in [-0.2, 0) is 0 Å². The van der Waals surface area contributed by atoms with Gasteiger partial charge in [-0.1, -0.05) is 13.3 Å². The Kier molecular flexibility index (Phi) is 5.64. The quantitative estimate of drug-likeness (QED) is 0.626. The van der Waals surface area contributed by atoms with E-state index in [0.717, 1.165) is 13.1 Å². The van der Waals surface area contributed by atoms with Crippen LogP contribution in [0, 0.1) is 0 Å². The summed E-state index contributed by atoms with van der Waals surface area (Å²) in [6.45, 7) is 5.89. The molecular formula is C8H19NO. The molecule has 0 saturated heterocycles. The molecule has 0 aromatic rings. The molecule has 0 aliphatic carbocycles. The lowest BCUT2D eigenvalue weighted by Crippen LogP contribution is -2.27. The maximum atomic E-state index is 8.98. The molecule has 0 saturated carbocycles. The molecule has 0 aliphatic rings. The second-order valence-corrected chi connectivity index (χ2v) is 2.96. The average Bonchev–Trinajstić information content (AvgIpc) is 1.82. The maximum Gasteiger partial charge on any atom is 0.0638 e. The van der Waals surface area contributed by atoms with Crippen LogP contribution in [0.4, 0.5) is 0 Å². The number of rotatable bonds is 5. The third-order valence-electron chi connectivity index (χ3n) is 1.47. The smallest absolute Gasteiger partial charge is 0.0638 e. The fourth-order valence-corrected chi connectivity index (χ4v) is 0.970. The predicted octanol–water partition coefficient (Wildman–Crippen LogP) is 1.10. The zero-order valence-corrected chi connectivity index (χ0v) is 7.30. The molecule has 0 aliphatic heterocycles. The van der Waals surface area contributed by atoms with Gasteiger partial charge in [0.1, 0.15) is 0 Å². The van der Waals surface area contributed by atoms with Crippen LogP contribution in [0.15, 0.2) is 0 Å². The van der Waals surface area contributed by atoms with Gasteiger partial charge in [0.15, 0.2) is 0 Å². The van der Waals surface area contributed by atoms with Gasteiger partial charge in [0.25, 0.3) is 0 Å². The van der Waals surface area contributed by atoms with E-state index in [0.29, 0.717) is 0 Å². The number of aliphatic hydroxyl groups excluding tert-OH is 1. The zero-order valence-electron chi connectivity index (χ0n) is 7.30. The van der Waals surface area contributed by atoms with E-state index in [2.05, 4.69) is 11.8 Å². The highest BCUT2D eigenvalue weighted by Crippen LogP contribution is 1.92. The van der Waals surface area contributed by atoms with Gasteiger partial charge in [-0.3, -0.25) is 0 Å². The lowest BCUT2D eigenvalue weighted by atomic mass is 10.3. The average molecular weight is 145 g/mol. The lowest BCUT2D eigenvalue weighted by molar-refractivity contribution is 0.141. The van der Waals surface area contributed by atoms with Gasteiger partial charge < -0.3 is 10.0 Å². The molecule has 0 aromatic heterocycles. The Labute approximate surface area is 63.8 Å². The molecule has 1 atom stereocenters. The molecule has 0 bridgehead atoms. The first-order valence-corrected chi connectivity index (χ1v) is 4.03. The number of nitrogens with zero attached hydrogens (tertiary/aromatic N) is 1. The molecule has 0 radical (unpaired) electrons. The van der Waals surface area contributed by atoms with Crippen LogP contribution >= 0.6 is 0 Å². The van der Waals surface area contributed by atoms with Crippen molar-refractivity contribution >= 4 is 0 Å². The molecule has 62 valence electrons. The number of unbranched alkanes of at least 4 members (excludes halogenated alkanes) is 1. The SMILES string of the molecule is CCCCN(C)C[C@@H](C)O. The van der Waals surface area contributed by atoms with Gasteiger partial charge in [-0.2, -0.15) is 0 Å². The number of hydrogen-bond donors (Lipinski definition) is 1. The van der Waals surface area contributed by atoms with E-state index in [9.17, 15) is 0 Å². The fourth-order valence-electron chi connectivity index (χ4n) is 0.970. The zero-order chi connectivity index (χ0) is 7.98. The highest BCUT2D eigenvalue weighted by molar-refractivity contribution is 4.54. The van der Waals surface area contributed by atoms with Crippen molar-refractivity contribution in [3.8, 4) is 0 Å². The summed E-state index contributed by atoms with van der Waals surface area (Å²) in [4.78, 5) is 2.16. The maximum absolute atomic E-state index is 8.98. The predicted molar refractivity (Wildman–Crippen MR) is 44.1 cm³/mol. The van der Waals surface area contributed by atoms with Gasteiger partial charge in [0, 0.05) is 6.54 Å². The second-order valence-electron chi connectivity index (χ2n) is 2.96. The third-order valence-corrected chi connectivity index (χ3v) is 1.47. The van der Waals surface area contributed by atoms with E-state index >= 15 is 0 Å². The van der Waals surface area contributed by atoms with E-state index < -0.39 is 0 Å². The van der Waals surface area contributed by atoms with Crippen LogP contribution in [0.1, 0.15) is 26.7 Å². The topological polar surface area (TPSA) is 23.5 Å². The number of aliphatic hydroxyl groups is 1. The van der Waals surface area contributed by atoms with Gasteiger partial charge in [-0.15, -0.1) is 0 Å². The summed E-state index contributed by atoms with van der Waals surface area (Å²) in [6.07, 6.45) is 2.26. The first-order valence-electron chi connectivity index (χ1n) is 4.03. The van der Waals surface area contributed by atoms with Crippen LogP contribution in [-0.4, -0.2) is 36.2 Å². The highest BCUT2D eigenvalue weighted by atomic mass is 16.3. The second kappa shape index (κ2) is 5.69. The summed E-state index contributed by atoms with van der Waals surface area (Å²) in [5.74, 6) is 0. The van der Waals surface area contributed by atoms with Crippen LogP contribution in [0.5, 0.6) is 0 Å². The van der Waals surface area contributed by atoms with Crippen LogP contribution in [0.3, 0.4) is 0 Å². The lowest BCUT2D eigenvalue weighted by Gasteiger charge is -2.17. The molecule has 10 heavy (non-hydrogen) atoms. The van der Waals surface area contributed by atoms with E-state index in [1.54, 1.807) is 0 Å². The van der Waals surface area contributed by atoms with Crippen molar-refractivity contribution in [1.82, 2.24) is 4.90 Å². The summed E-state index contributed by atoms with van der Waals surface area (Å²) in [7, 11) is 2.04. The van der Waals surface area contributed by atoms with Gasteiger partial charge >= 0.3 is 0 Å². The first kappa shape index (κ1) is 9.92. The summed E-state index contributed by atoms with van der Waals surface area (Å²) in [5.41, 5.74) is 0. The van der Waals surface area contributed by atoms with Crippen molar-refractivity contribution in [3.05, 3.63) is 0 Å². The van der Waals surface area contributed by atoms with Crippen molar-refractivity contribution in [2.24, 2.45) is 0 Å². The Morgan fingerprint density at radius 3 is 2.50 bits per heavy atom. The molecule has 0 amide bonds. The van der Waals surface area contributed by atoms with Crippen LogP contribution < -0.4 is 0 Å². The van der Waals surface area contributed by atoms with Gasteiger partial charge in [0.2, 0.25) is 0 Å². The van der Waals surface area contributed by atoms with Gasteiger partial charge in [0.05, 0.1) is 6.10 Å². The normalized spacial score (nSPS) is 14.1. The Morgan fingerprint density at radius 2 is 2.10 bits per heavy atom. The molecule has 0 unspecified atom stereocenters. The van der Waals surface area contributed by atoms with E-state index in [4.69, 9.17) is 5.11 Å².